The van der Waals surface area contributed by atoms with Crippen LogP contribution in [0.15, 0.2) is 34.8 Å². The Hall–Kier alpha value is -1.29. The maximum atomic E-state index is 12.0. The molecule has 0 bridgehead atoms. The normalized spacial score (nSPS) is 11.6. The fourth-order valence-electron chi connectivity index (χ4n) is 1.55. The van der Waals surface area contributed by atoms with Crippen molar-refractivity contribution < 1.29 is 8.42 Å². The molecule has 2 rings (SSSR count). The first-order valence-corrected chi connectivity index (χ1v) is 8.56. The van der Waals surface area contributed by atoms with Crippen LogP contribution >= 0.6 is 23.6 Å². The number of thiocarbonyl (C=S) groups is 1. The van der Waals surface area contributed by atoms with Crippen LogP contribution in [0.2, 0.25) is 0 Å². The third-order valence-electron chi connectivity index (χ3n) is 2.50. The Morgan fingerprint density at radius 2 is 2.30 bits per heavy atom. The summed E-state index contributed by atoms with van der Waals surface area (Å²) in [6, 6.07) is 4.95. The van der Waals surface area contributed by atoms with Gasteiger partial charge in [0.1, 0.15) is 9.20 Å². The van der Waals surface area contributed by atoms with Crippen molar-refractivity contribution in [2.24, 2.45) is 5.73 Å². The van der Waals surface area contributed by atoms with Gasteiger partial charge in [0, 0.05) is 25.5 Å². The third kappa shape index (κ3) is 3.85. The van der Waals surface area contributed by atoms with E-state index in [4.69, 9.17) is 18.0 Å². The summed E-state index contributed by atoms with van der Waals surface area (Å²) in [7, 11) is -3.49. The molecule has 0 saturated carbocycles. The van der Waals surface area contributed by atoms with Crippen molar-refractivity contribution in [1.82, 2.24) is 14.5 Å². The van der Waals surface area contributed by atoms with E-state index in [1.54, 1.807) is 16.9 Å². The molecule has 2 aromatic rings. The Labute approximate surface area is 126 Å². The molecular formula is C11H14N4O2S3. The van der Waals surface area contributed by atoms with E-state index in [2.05, 4.69) is 9.82 Å². The molecule has 0 spiro atoms. The van der Waals surface area contributed by atoms with Gasteiger partial charge in [0.2, 0.25) is 10.0 Å². The van der Waals surface area contributed by atoms with Crippen molar-refractivity contribution >= 4 is 38.6 Å². The predicted molar refractivity (Wildman–Crippen MR) is 82.2 cm³/mol. The van der Waals surface area contributed by atoms with Crippen LogP contribution in [-0.4, -0.2) is 29.7 Å². The average Bonchev–Trinajstić information content (AvgIpc) is 3.05. The van der Waals surface area contributed by atoms with Gasteiger partial charge in [-0.1, -0.05) is 12.2 Å². The van der Waals surface area contributed by atoms with E-state index in [1.165, 1.54) is 6.07 Å². The zero-order valence-corrected chi connectivity index (χ0v) is 13.0. The molecule has 0 aliphatic heterocycles. The Balaban J connectivity index is 1.88. The topological polar surface area (TPSA) is 90.0 Å². The Bertz CT molecular complexity index is 676. The summed E-state index contributed by atoms with van der Waals surface area (Å²) >= 11 is 5.88. The lowest BCUT2D eigenvalue weighted by Crippen LogP contribution is -2.24. The predicted octanol–water partition coefficient (Wildman–Crippen LogP) is 0.947. The molecule has 20 heavy (non-hydrogen) atoms. The van der Waals surface area contributed by atoms with E-state index in [-0.39, 0.29) is 9.20 Å². The minimum atomic E-state index is -3.49. The van der Waals surface area contributed by atoms with Gasteiger partial charge in [0.05, 0.1) is 4.88 Å². The van der Waals surface area contributed by atoms with Crippen molar-refractivity contribution in [2.45, 2.75) is 17.2 Å². The summed E-state index contributed by atoms with van der Waals surface area (Å²) in [5, 5.41) is 4.04. The van der Waals surface area contributed by atoms with Crippen LogP contribution in [0.5, 0.6) is 0 Å². The number of rotatable bonds is 7. The lowest BCUT2D eigenvalue weighted by Gasteiger charge is -2.05. The fraction of sp³-hybridized carbons (Fsp3) is 0.273. The summed E-state index contributed by atoms with van der Waals surface area (Å²) in [6.45, 7) is 1.01. The maximum Gasteiger partial charge on any atom is 0.250 e. The number of hydrogen-bond donors (Lipinski definition) is 2. The molecule has 0 unspecified atom stereocenters. The molecule has 108 valence electrons. The fourth-order valence-corrected chi connectivity index (χ4v) is 4.02. The van der Waals surface area contributed by atoms with Gasteiger partial charge < -0.3 is 5.73 Å². The van der Waals surface area contributed by atoms with Gasteiger partial charge in [0.15, 0.2) is 0 Å². The first-order valence-electron chi connectivity index (χ1n) is 5.86. The first-order chi connectivity index (χ1) is 9.49. The van der Waals surface area contributed by atoms with Crippen molar-refractivity contribution in [3.05, 3.63) is 35.5 Å². The van der Waals surface area contributed by atoms with Gasteiger partial charge in [-0.3, -0.25) is 4.68 Å². The average molecular weight is 330 g/mol. The summed E-state index contributed by atoms with van der Waals surface area (Å²) in [5.74, 6) is 0. The van der Waals surface area contributed by atoms with Crippen LogP contribution in [-0.2, 0) is 16.6 Å². The molecule has 0 aliphatic carbocycles. The van der Waals surface area contributed by atoms with E-state index in [0.717, 1.165) is 11.3 Å². The van der Waals surface area contributed by atoms with Crippen LogP contribution < -0.4 is 10.5 Å². The van der Waals surface area contributed by atoms with Gasteiger partial charge in [-0.2, -0.15) is 5.10 Å². The minimum Gasteiger partial charge on any atom is -0.389 e. The molecule has 3 N–H and O–H groups in total. The van der Waals surface area contributed by atoms with Gasteiger partial charge >= 0.3 is 0 Å². The van der Waals surface area contributed by atoms with Gasteiger partial charge in [-0.15, -0.1) is 11.3 Å². The Morgan fingerprint density at radius 1 is 1.50 bits per heavy atom. The van der Waals surface area contributed by atoms with Gasteiger partial charge in [-0.05, 0) is 24.6 Å². The second kappa shape index (κ2) is 6.44. The smallest absolute Gasteiger partial charge is 0.250 e. The molecule has 9 heteroatoms. The highest BCUT2D eigenvalue weighted by atomic mass is 32.2. The first kappa shape index (κ1) is 15.1. The number of aromatic nitrogens is 2. The molecular weight excluding hydrogens is 316 g/mol. The lowest BCUT2D eigenvalue weighted by molar-refractivity contribution is 0.554. The zero-order valence-electron chi connectivity index (χ0n) is 10.5. The van der Waals surface area contributed by atoms with Crippen LogP contribution in [0.25, 0.3) is 0 Å². The lowest BCUT2D eigenvalue weighted by atomic mass is 10.4. The van der Waals surface area contributed by atoms with E-state index in [1.807, 2.05) is 12.3 Å². The molecule has 0 saturated heterocycles. The molecule has 0 fully saturated rings. The van der Waals surface area contributed by atoms with Crippen LogP contribution in [0.4, 0.5) is 0 Å². The van der Waals surface area contributed by atoms with Crippen molar-refractivity contribution in [2.75, 3.05) is 6.54 Å². The number of nitrogens with two attached hydrogens (primary N) is 1. The molecule has 0 aliphatic rings. The van der Waals surface area contributed by atoms with Crippen molar-refractivity contribution in [1.29, 1.82) is 0 Å². The van der Waals surface area contributed by atoms with Crippen LogP contribution in [0, 0.1) is 0 Å². The van der Waals surface area contributed by atoms with Gasteiger partial charge in [0.25, 0.3) is 0 Å². The standard InChI is InChI=1S/C11H14N4O2S3/c12-11(18)9-3-4-10(19-9)20(16,17)14-6-2-8-15-7-1-5-13-15/h1,3-5,7,14H,2,6,8H2,(H2,12,18). The number of thiophene rings is 1. The number of aryl methyl sites for hydroxylation is 1. The summed E-state index contributed by atoms with van der Waals surface area (Å²) in [5.41, 5.74) is 5.46. The number of nitrogens with one attached hydrogen (secondary N) is 1. The highest BCUT2D eigenvalue weighted by Crippen LogP contribution is 2.21. The van der Waals surface area contributed by atoms with E-state index >= 15 is 0 Å². The Kier molecular flexibility index (Phi) is 4.86. The van der Waals surface area contributed by atoms with Crippen LogP contribution in [0.1, 0.15) is 11.3 Å². The monoisotopic (exact) mass is 330 g/mol. The molecule has 0 amide bonds. The summed E-state index contributed by atoms with van der Waals surface area (Å²) in [4.78, 5) is 0.798. The molecule has 0 atom stereocenters. The van der Waals surface area contributed by atoms with Gasteiger partial charge in [-0.25, -0.2) is 13.1 Å². The number of hydrogen-bond acceptors (Lipinski definition) is 5. The number of sulfonamides is 1. The zero-order chi connectivity index (χ0) is 14.6. The SMILES string of the molecule is NC(=S)c1ccc(S(=O)(=O)NCCCn2cccn2)s1. The summed E-state index contributed by atoms with van der Waals surface area (Å²) in [6.07, 6.45) is 4.18. The highest BCUT2D eigenvalue weighted by Gasteiger charge is 2.16. The minimum absolute atomic E-state index is 0.204. The second-order valence-electron chi connectivity index (χ2n) is 4.00. The highest BCUT2D eigenvalue weighted by molar-refractivity contribution is 7.91. The van der Waals surface area contributed by atoms with Crippen molar-refractivity contribution in [3.63, 3.8) is 0 Å². The molecule has 6 nitrogen and oxygen atoms in total. The van der Waals surface area contributed by atoms with E-state index in [9.17, 15) is 8.42 Å². The number of nitrogens with zero attached hydrogens (tertiary/aromatic N) is 2. The molecule has 2 heterocycles. The molecule has 0 aromatic carbocycles. The molecule has 0 radical (unpaired) electrons. The third-order valence-corrected chi connectivity index (χ3v) is 5.92. The van der Waals surface area contributed by atoms with Crippen molar-refractivity contribution in [3.8, 4) is 0 Å². The maximum absolute atomic E-state index is 12.0. The van der Waals surface area contributed by atoms with E-state index < -0.39 is 10.0 Å². The quantitative estimate of drug-likeness (QED) is 0.583. The summed E-state index contributed by atoms with van der Waals surface area (Å²) < 4.78 is 28.6. The van der Waals surface area contributed by atoms with E-state index in [0.29, 0.717) is 24.4 Å². The second-order valence-corrected chi connectivity index (χ2v) is 7.52. The Morgan fingerprint density at radius 3 is 2.90 bits per heavy atom. The molecule has 2 aromatic heterocycles. The van der Waals surface area contributed by atoms with Crippen LogP contribution in [0.3, 0.4) is 0 Å². The largest absolute Gasteiger partial charge is 0.389 e.